The molecule has 16 heavy (non-hydrogen) atoms. The molecule has 94 valence electrons. The third-order valence-electron chi connectivity index (χ3n) is 2.95. The van der Waals surface area contributed by atoms with Crippen molar-refractivity contribution in [1.29, 1.82) is 0 Å². The summed E-state index contributed by atoms with van der Waals surface area (Å²) < 4.78 is 25.7. The summed E-state index contributed by atoms with van der Waals surface area (Å²) in [5.74, 6) is -3.03. The van der Waals surface area contributed by atoms with Gasteiger partial charge in [0, 0.05) is 25.3 Å². The molecule has 0 heterocycles. The molecule has 0 aromatic heterocycles. The average Bonchev–Trinajstić information content (AvgIpc) is 2.16. The number of rotatable bonds is 4. The lowest BCUT2D eigenvalue weighted by Gasteiger charge is -2.27. The Bertz CT molecular complexity index is 234. The predicted molar refractivity (Wildman–Crippen MR) is 56.2 cm³/mol. The van der Waals surface area contributed by atoms with E-state index in [1.54, 1.807) is 6.92 Å². The van der Waals surface area contributed by atoms with E-state index in [9.17, 15) is 13.6 Å². The fourth-order valence-corrected chi connectivity index (χ4v) is 1.85. The zero-order valence-electron chi connectivity index (χ0n) is 9.51. The van der Waals surface area contributed by atoms with Gasteiger partial charge in [0.1, 0.15) is 0 Å². The van der Waals surface area contributed by atoms with Crippen molar-refractivity contribution in [3.8, 4) is 0 Å². The fraction of sp³-hybridized carbons (Fsp3) is 0.909. The highest BCUT2D eigenvalue weighted by Gasteiger charge is 2.37. The number of nitrogens with one attached hydrogen (secondary N) is 1. The van der Waals surface area contributed by atoms with E-state index in [-0.39, 0.29) is 37.5 Å². The zero-order valence-corrected chi connectivity index (χ0v) is 9.51. The topological polar surface area (TPSA) is 49.3 Å². The van der Waals surface area contributed by atoms with Gasteiger partial charge < -0.3 is 10.4 Å². The number of halogens is 2. The van der Waals surface area contributed by atoms with E-state index < -0.39 is 12.0 Å². The summed E-state index contributed by atoms with van der Waals surface area (Å²) in [5, 5.41) is 11.7. The van der Waals surface area contributed by atoms with E-state index in [4.69, 9.17) is 5.11 Å². The van der Waals surface area contributed by atoms with Gasteiger partial charge in [-0.25, -0.2) is 8.78 Å². The Morgan fingerprint density at radius 2 is 2.06 bits per heavy atom. The summed E-state index contributed by atoms with van der Waals surface area (Å²) in [5.41, 5.74) is 0. The first-order chi connectivity index (χ1) is 7.41. The summed E-state index contributed by atoms with van der Waals surface area (Å²) >= 11 is 0. The summed E-state index contributed by atoms with van der Waals surface area (Å²) in [6, 6.07) is 0. The molecule has 2 N–H and O–H groups in total. The first-order valence-corrected chi connectivity index (χ1v) is 5.74. The van der Waals surface area contributed by atoms with Crippen molar-refractivity contribution in [2.75, 3.05) is 6.54 Å². The van der Waals surface area contributed by atoms with Gasteiger partial charge in [-0.2, -0.15) is 0 Å². The molecule has 0 aliphatic heterocycles. The van der Waals surface area contributed by atoms with Crippen molar-refractivity contribution < 1.29 is 18.7 Å². The van der Waals surface area contributed by atoms with Crippen LogP contribution in [0.2, 0.25) is 0 Å². The van der Waals surface area contributed by atoms with Crippen LogP contribution in [0.5, 0.6) is 0 Å². The van der Waals surface area contributed by atoms with Gasteiger partial charge in [-0.3, -0.25) is 4.79 Å². The van der Waals surface area contributed by atoms with Gasteiger partial charge >= 0.3 is 0 Å². The van der Waals surface area contributed by atoms with Crippen molar-refractivity contribution in [1.82, 2.24) is 5.32 Å². The second-order valence-corrected chi connectivity index (χ2v) is 4.56. The van der Waals surface area contributed by atoms with Gasteiger partial charge in [0.15, 0.2) is 0 Å². The number of aliphatic hydroxyl groups excluding tert-OH is 1. The Kier molecular flexibility index (Phi) is 4.65. The van der Waals surface area contributed by atoms with Gasteiger partial charge in [0.2, 0.25) is 11.8 Å². The monoisotopic (exact) mass is 235 g/mol. The van der Waals surface area contributed by atoms with Gasteiger partial charge in [-0.15, -0.1) is 0 Å². The van der Waals surface area contributed by atoms with Crippen LogP contribution < -0.4 is 5.32 Å². The maximum atomic E-state index is 12.8. The number of amides is 1. The third kappa shape index (κ3) is 4.43. The smallest absolute Gasteiger partial charge is 0.248 e. The summed E-state index contributed by atoms with van der Waals surface area (Å²) in [7, 11) is 0. The van der Waals surface area contributed by atoms with Crippen LogP contribution in [-0.2, 0) is 4.79 Å². The molecule has 1 fully saturated rings. The normalized spacial score (nSPS) is 22.8. The van der Waals surface area contributed by atoms with E-state index in [1.807, 2.05) is 0 Å². The highest BCUT2D eigenvalue weighted by atomic mass is 19.3. The van der Waals surface area contributed by atoms with Crippen LogP contribution in [0.25, 0.3) is 0 Å². The van der Waals surface area contributed by atoms with Crippen LogP contribution >= 0.6 is 0 Å². The van der Waals surface area contributed by atoms with Crippen molar-refractivity contribution in [3.63, 3.8) is 0 Å². The molecule has 0 aromatic rings. The van der Waals surface area contributed by atoms with Crippen LogP contribution in [0, 0.1) is 5.92 Å². The lowest BCUT2D eigenvalue weighted by Crippen LogP contribution is -2.36. The second-order valence-electron chi connectivity index (χ2n) is 4.56. The molecule has 0 saturated heterocycles. The van der Waals surface area contributed by atoms with Crippen molar-refractivity contribution in [2.45, 2.75) is 51.1 Å². The Morgan fingerprint density at radius 1 is 1.50 bits per heavy atom. The van der Waals surface area contributed by atoms with E-state index in [2.05, 4.69) is 5.32 Å². The molecule has 0 radical (unpaired) electrons. The average molecular weight is 235 g/mol. The van der Waals surface area contributed by atoms with E-state index in [1.165, 1.54) is 0 Å². The lowest BCUT2D eigenvalue weighted by molar-refractivity contribution is -0.129. The molecule has 3 nitrogen and oxygen atoms in total. The van der Waals surface area contributed by atoms with Crippen molar-refractivity contribution in [2.24, 2.45) is 5.92 Å². The lowest BCUT2D eigenvalue weighted by atomic mass is 9.86. The van der Waals surface area contributed by atoms with Gasteiger partial charge in [0.25, 0.3) is 0 Å². The molecule has 1 aliphatic rings. The molecule has 0 aromatic carbocycles. The number of alkyl halides is 2. The van der Waals surface area contributed by atoms with Crippen LogP contribution in [0.3, 0.4) is 0 Å². The van der Waals surface area contributed by atoms with Crippen LogP contribution in [0.1, 0.15) is 39.0 Å². The number of carbonyl (C=O) groups is 1. The molecule has 0 bridgehead atoms. The van der Waals surface area contributed by atoms with Crippen LogP contribution in [-0.4, -0.2) is 29.6 Å². The van der Waals surface area contributed by atoms with Crippen molar-refractivity contribution >= 4 is 5.91 Å². The molecular weight excluding hydrogens is 216 g/mol. The standard InChI is InChI=1S/C11H19F2NO2/c1-8(15)4-7-14-10(16)9-2-5-11(12,13)6-3-9/h8-9,15H,2-7H2,1H3,(H,14,16). The molecule has 1 aliphatic carbocycles. The minimum atomic E-state index is -2.59. The number of aliphatic hydroxyl groups is 1. The minimum absolute atomic E-state index is 0.156. The first-order valence-electron chi connectivity index (χ1n) is 5.74. The predicted octanol–water partition coefficient (Wildman–Crippen LogP) is 1.70. The Morgan fingerprint density at radius 3 is 2.56 bits per heavy atom. The van der Waals surface area contributed by atoms with E-state index in [0.29, 0.717) is 13.0 Å². The zero-order chi connectivity index (χ0) is 12.2. The molecule has 1 unspecified atom stereocenters. The number of hydrogen-bond acceptors (Lipinski definition) is 2. The van der Waals surface area contributed by atoms with Crippen LogP contribution in [0.4, 0.5) is 8.78 Å². The molecule has 1 atom stereocenters. The SMILES string of the molecule is CC(O)CCNC(=O)C1CCC(F)(F)CC1. The highest BCUT2D eigenvalue weighted by molar-refractivity contribution is 5.78. The highest BCUT2D eigenvalue weighted by Crippen LogP contribution is 2.36. The largest absolute Gasteiger partial charge is 0.393 e. The maximum Gasteiger partial charge on any atom is 0.248 e. The Balaban J connectivity index is 2.23. The molecule has 1 saturated carbocycles. The third-order valence-corrected chi connectivity index (χ3v) is 2.95. The fourth-order valence-electron chi connectivity index (χ4n) is 1.85. The Hall–Kier alpha value is -0.710. The Labute approximate surface area is 94.2 Å². The van der Waals surface area contributed by atoms with Gasteiger partial charge in [0.05, 0.1) is 6.10 Å². The van der Waals surface area contributed by atoms with Gasteiger partial charge in [-0.05, 0) is 26.2 Å². The maximum absolute atomic E-state index is 12.8. The van der Waals surface area contributed by atoms with E-state index in [0.717, 1.165) is 0 Å². The van der Waals surface area contributed by atoms with Crippen LogP contribution in [0.15, 0.2) is 0 Å². The van der Waals surface area contributed by atoms with Gasteiger partial charge in [-0.1, -0.05) is 0 Å². The molecule has 0 spiro atoms. The minimum Gasteiger partial charge on any atom is -0.393 e. The molecule has 1 amide bonds. The second kappa shape index (κ2) is 5.57. The molecule has 5 heteroatoms. The summed E-state index contributed by atoms with van der Waals surface area (Å²) in [6.07, 6.45) is 0.175. The number of carbonyl (C=O) groups excluding carboxylic acids is 1. The number of hydrogen-bond donors (Lipinski definition) is 2. The molecule has 1 rings (SSSR count). The van der Waals surface area contributed by atoms with Crippen molar-refractivity contribution in [3.05, 3.63) is 0 Å². The first kappa shape index (κ1) is 13.4. The van der Waals surface area contributed by atoms with E-state index >= 15 is 0 Å². The summed E-state index contributed by atoms with van der Waals surface area (Å²) in [4.78, 5) is 11.6. The summed E-state index contributed by atoms with van der Waals surface area (Å²) in [6.45, 7) is 2.05. The molecular formula is C11H19F2NO2. The quantitative estimate of drug-likeness (QED) is 0.779.